The van der Waals surface area contributed by atoms with Crippen LogP contribution in [-0.4, -0.2) is 24.5 Å². The molecule has 0 aliphatic heterocycles. The topological polar surface area (TPSA) is 68.5 Å². The predicted molar refractivity (Wildman–Crippen MR) is 92.9 cm³/mol. The van der Waals surface area contributed by atoms with E-state index in [0.717, 1.165) is 16.9 Å². The van der Waals surface area contributed by atoms with Gasteiger partial charge in [0.1, 0.15) is 17.7 Å². The summed E-state index contributed by atoms with van der Waals surface area (Å²) in [5, 5.41) is 3.39. The third-order valence-corrected chi connectivity index (χ3v) is 3.88. The van der Waals surface area contributed by atoms with Gasteiger partial charge in [0.2, 0.25) is 0 Å². The molecule has 0 saturated carbocycles. The molecule has 0 fully saturated rings. The van der Waals surface area contributed by atoms with Crippen LogP contribution in [0.5, 0.6) is 0 Å². The van der Waals surface area contributed by atoms with E-state index in [1.54, 1.807) is 31.1 Å². The fourth-order valence-electron chi connectivity index (χ4n) is 2.63. The first-order chi connectivity index (χ1) is 11.8. The predicted octanol–water partition coefficient (Wildman–Crippen LogP) is 3.38. The maximum atomic E-state index is 4.66. The smallest absolute Gasteiger partial charge is 0.159 e. The normalized spacial score (nSPS) is 12.2. The van der Waals surface area contributed by atoms with Crippen LogP contribution in [0.4, 0.5) is 5.82 Å². The average molecular weight is 316 g/mol. The summed E-state index contributed by atoms with van der Waals surface area (Å²) >= 11 is 0. The second kappa shape index (κ2) is 6.08. The van der Waals surface area contributed by atoms with Crippen molar-refractivity contribution in [3.63, 3.8) is 0 Å². The van der Waals surface area contributed by atoms with E-state index in [4.69, 9.17) is 0 Å². The van der Waals surface area contributed by atoms with E-state index in [1.807, 2.05) is 28.8 Å². The molecule has 118 valence electrons. The van der Waals surface area contributed by atoms with E-state index >= 15 is 0 Å². The van der Waals surface area contributed by atoms with Crippen LogP contribution in [0.15, 0.2) is 67.5 Å². The van der Waals surface area contributed by atoms with Crippen molar-refractivity contribution in [1.82, 2.24) is 24.5 Å². The highest BCUT2D eigenvalue weighted by atomic mass is 15.2. The number of aromatic nitrogens is 5. The Morgan fingerprint density at radius 2 is 1.88 bits per heavy atom. The fourth-order valence-corrected chi connectivity index (χ4v) is 2.63. The number of imidazole rings is 1. The molecule has 6 nitrogen and oxygen atoms in total. The Kier molecular flexibility index (Phi) is 3.63. The first-order valence-corrected chi connectivity index (χ1v) is 7.72. The van der Waals surface area contributed by atoms with E-state index in [-0.39, 0.29) is 6.04 Å². The van der Waals surface area contributed by atoms with Crippen molar-refractivity contribution in [3.8, 4) is 5.82 Å². The van der Waals surface area contributed by atoms with E-state index in [0.29, 0.717) is 5.82 Å². The zero-order valence-electron chi connectivity index (χ0n) is 13.2. The van der Waals surface area contributed by atoms with E-state index in [1.165, 1.54) is 5.56 Å². The molecule has 0 aliphatic carbocycles. The van der Waals surface area contributed by atoms with Crippen molar-refractivity contribution in [2.45, 2.75) is 13.0 Å². The molecular formula is C18H16N6. The molecule has 3 aromatic heterocycles. The number of nitrogens with one attached hydrogen (secondary N) is 1. The van der Waals surface area contributed by atoms with Crippen LogP contribution >= 0.6 is 0 Å². The van der Waals surface area contributed by atoms with Crippen LogP contribution in [0.1, 0.15) is 18.5 Å². The lowest BCUT2D eigenvalue weighted by molar-refractivity contribution is 0.865. The number of anilines is 1. The number of benzene rings is 1. The number of nitrogens with zero attached hydrogens (tertiary/aromatic N) is 5. The molecule has 0 amide bonds. The lowest BCUT2D eigenvalue weighted by Crippen LogP contribution is -2.09. The minimum atomic E-state index is 0.138. The molecule has 0 aliphatic rings. The Balaban J connectivity index is 1.64. The van der Waals surface area contributed by atoms with E-state index in [9.17, 15) is 0 Å². The molecule has 1 aromatic carbocycles. The van der Waals surface area contributed by atoms with Gasteiger partial charge in [0.05, 0.1) is 24.1 Å². The van der Waals surface area contributed by atoms with E-state index in [2.05, 4.69) is 44.3 Å². The molecule has 6 heteroatoms. The monoisotopic (exact) mass is 316 g/mol. The van der Waals surface area contributed by atoms with Gasteiger partial charge in [-0.1, -0.05) is 30.3 Å². The van der Waals surface area contributed by atoms with Crippen LogP contribution in [0.25, 0.3) is 16.9 Å². The van der Waals surface area contributed by atoms with Gasteiger partial charge in [-0.05, 0) is 18.6 Å². The van der Waals surface area contributed by atoms with Crippen LogP contribution in [0.3, 0.4) is 0 Å². The van der Waals surface area contributed by atoms with Crippen LogP contribution in [0, 0.1) is 0 Å². The average Bonchev–Trinajstić information content (AvgIpc) is 3.07. The van der Waals surface area contributed by atoms with Crippen LogP contribution in [0.2, 0.25) is 0 Å². The third-order valence-electron chi connectivity index (χ3n) is 3.88. The Labute approximate surface area is 139 Å². The maximum absolute atomic E-state index is 4.66. The minimum Gasteiger partial charge on any atom is -0.362 e. The fraction of sp³-hybridized carbons (Fsp3) is 0.111. The standard InChI is InChI=1S/C18H16N6/c1-13(14-5-3-2-4-6-14)22-17-10-20-11-18(23-17)24-12-21-15-9-19-8-7-16(15)24/h2-13H,1H3,(H,22,23)/t13-/m0/s1. The van der Waals surface area contributed by atoms with Gasteiger partial charge >= 0.3 is 0 Å². The number of hydrogen-bond acceptors (Lipinski definition) is 5. The van der Waals surface area contributed by atoms with Crippen molar-refractivity contribution in [3.05, 3.63) is 73.1 Å². The largest absolute Gasteiger partial charge is 0.362 e. The molecule has 3 heterocycles. The maximum Gasteiger partial charge on any atom is 0.159 e. The van der Waals surface area contributed by atoms with Crippen molar-refractivity contribution in [1.29, 1.82) is 0 Å². The van der Waals surface area contributed by atoms with Gasteiger partial charge in [0.15, 0.2) is 5.82 Å². The molecule has 1 atom stereocenters. The summed E-state index contributed by atoms with van der Waals surface area (Å²) in [6, 6.07) is 12.3. The summed E-state index contributed by atoms with van der Waals surface area (Å²) in [6.45, 7) is 2.10. The summed E-state index contributed by atoms with van der Waals surface area (Å²) in [6.07, 6.45) is 8.66. The molecule has 1 N–H and O–H groups in total. The number of hydrogen-bond donors (Lipinski definition) is 1. The highest BCUT2D eigenvalue weighted by Gasteiger charge is 2.09. The number of rotatable bonds is 4. The molecule has 4 rings (SSSR count). The van der Waals surface area contributed by atoms with Gasteiger partial charge in [0.25, 0.3) is 0 Å². The minimum absolute atomic E-state index is 0.138. The lowest BCUT2D eigenvalue weighted by atomic mass is 10.1. The Morgan fingerprint density at radius 3 is 2.75 bits per heavy atom. The van der Waals surface area contributed by atoms with Gasteiger partial charge in [-0.25, -0.2) is 9.97 Å². The summed E-state index contributed by atoms with van der Waals surface area (Å²) in [7, 11) is 0. The molecular weight excluding hydrogens is 300 g/mol. The van der Waals surface area contributed by atoms with Crippen molar-refractivity contribution < 1.29 is 0 Å². The van der Waals surface area contributed by atoms with Crippen LogP contribution in [-0.2, 0) is 0 Å². The van der Waals surface area contributed by atoms with Gasteiger partial charge in [0, 0.05) is 12.2 Å². The quantitative estimate of drug-likeness (QED) is 0.625. The summed E-state index contributed by atoms with van der Waals surface area (Å²) in [5.41, 5.74) is 2.98. The van der Waals surface area contributed by atoms with Crippen molar-refractivity contribution in [2.24, 2.45) is 0 Å². The first-order valence-electron chi connectivity index (χ1n) is 7.72. The molecule has 24 heavy (non-hydrogen) atoms. The zero-order valence-corrected chi connectivity index (χ0v) is 13.2. The summed E-state index contributed by atoms with van der Waals surface area (Å²) in [4.78, 5) is 17.4. The second-order valence-electron chi connectivity index (χ2n) is 5.52. The van der Waals surface area contributed by atoms with Crippen LogP contribution < -0.4 is 5.32 Å². The van der Waals surface area contributed by atoms with Gasteiger partial charge in [-0.2, -0.15) is 0 Å². The SMILES string of the molecule is C[C@H](Nc1cncc(-n2cnc3cnccc32)n1)c1ccccc1. The Bertz CT molecular complexity index is 963. The van der Waals surface area contributed by atoms with Crippen molar-refractivity contribution >= 4 is 16.9 Å². The molecule has 0 saturated heterocycles. The van der Waals surface area contributed by atoms with Gasteiger partial charge in [-0.3, -0.25) is 14.5 Å². The molecule has 0 unspecified atom stereocenters. The Hall–Kier alpha value is -3.28. The van der Waals surface area contributed by atoms with Gasteiger partial charge < -0.3 is 5.32 Å². The van der Waals surface area contributed by atoms with Gasteiger partial charge in [-0.15, -0.1) is 0 Å². The Morgan fingerprint density at radius 1 is 1.00 bits per heavy atom. The summed E-state index contributed by atoms with van der Waals surface area (Å²) in [5.74, 6) is 1.44. The lowest BCUT2D eigenvalue weighted by Gasteiger charge is -2.15. The molecule has 4 aromatic rings. The van der Waals surface area contributed by atoms with Crippen molar-refractivity contribution in [2.75, 3.05) is 5.32 Å². The molecule has 0 spiro atoms. The third kappa shape index (κ3) is 2.69. The number of fused-ring (bicyclic) bond motifs is 1. The highest BCUT2D eigenvalue weighted by molar-refractivity contribution is 5.75. The molecule has 0 bridgehead atoms. The summed E-state index contributed by atoms with van der Waals surface area (Å²) < 4.78 is 1.91. The first kappa shape index (κ1) is 14.3. The number of pyridine rings is 1. The zero-order chi connectivity index (χ0) is 16.4. The highest BCUT2D eigenvalue weighted by Crippen LogP contribution is 2.19. The second-order valence-corrected chi connectivity index (χ2v) is 5.52. The van der Waals surface area contributed by atoms with E-state index < -0.39 is 0 Å². The molecule has 0 radical (unpaired) electrons.